The first-order valence-corrected chi connectivity index (χ1v) is 12.7. The van der Waals surface area contributed by atoms with Gasteiger partial charge in [0.15, 0.2) is 34.9 Å². The molecule has 3 N–H and O–H groups in total. The zero-order valence-corrected chi connectivity index (χ0v) is 21.4. The smallest absolute Gasteiger partial charge is 0.333 e. The Bertz CT molecular complexity index is 1360. The van der Waals surface area contributed by atoms with Gasteiger partial charge >= 0.3 is 5.97 Å². The Morgan fingerprint density at radius 1 is 1.37 bits per heavy atom. The number of rotatable bonds is 9. The number of carboxylic acid groups (broad SMARTS) is 1. The number of carboxylic acids is 1. The van der Waals surface area contributed by atoms with Crippen molar-refractivity contribution in [2.75, 3.05) is 18.6 Å². The molecule has 38 heavy (non-hydrogen) atoms. The van der Waals surface area contributed by atoms with Crippen LogP contribution in [0.25, 0.3) is 11.2 Å². The van der Waals surface area contributed by atoms with Crippen LogP contribution in [0.4, 0.5) is 5.82 Å². The molecule has 1 unspecified atom stereocenters. The number of nitrogens with zero attached hydrogens (tertiary/aromatic N) is 5. The fourth-order valence-electron chi connectivity index (χ4n) is 4.82. The second-order valence-corrected chi connectivity index (χ2v) is 9.95. The highest BCUT2D eigenvalue weighted by Gasteiger charge is 2.56. The quantitative estimate of drug-likeness (QED) is 0.271. The molecule has 1 saturated heterocycles. The molecule has 2 fully saturated rings. The Morgan fingerprint density at radius 3 is 2.74 bits per heavy atom. The molecule has 200 valence electrons. The fourth-order valence-corrected chi connectivity index (χ4v) is 4.98. The molecular formula is C26H28ClN5O6. The predicted molar refractivity (Wildman–Crippen MR) is 138 cm³/mol. The van der Waals surface area contributed by atoms with Gasteiger partial charge in [-0.1, -0.05) is 36.3 Å². The third kappa shape index (κ3) is 4.70. The maximum atomic E-state index is 11.8. The minimum atomic E-state index is -2.17. The Labute approximate surface area is 224 Å². The van der Waals surface area contributed by atoms with Gasteiger partial charge in [0.05, 0.1) is 12.9 Å². The van der Waals surface area contributed by atoms with E-state index in [1.54, 1.807) is 24.3 Å². The Morgan fingerprint density at radius 2 is 2.11 bits per heavy atom. The Hall–Kier alpha value is -3.27. The summed E-state index contributed by atoms with van der Waals surface area (Å²) >= 11 is 6.25. The zero-order chi connectivity index (χ0) is 27.0. The van der Waals surface area contributed by atoms with Crippen LogP contribution in [0.2, 0.25) is 5.28 Å². The van der Waals surface area contributed by atoms with Crippen LogP contribution < -0.4 is 4.90 Å². The van der Waals surface area contributed by atoms with Crippen molar-refractivity contribution in [2.24, 2.45) is 0 Å². The third-order valence-electron chi connectivity index (χ3n) is 7.34. The number of hydrogen-bond acceptors (Lipinski definition) is 9. The average Bonchev–Trinajstić information content (AvgIpc) is 3.39. The van der Waals surface area contributed by atoms with E-state index in [4.69, 9.17) is 27.5 Å². The van der Waals surface area contributed by atoms with E-state index < -0.39 is 36.1 Å². The Balaban J connectivity index is 1.39. The molecule has 3 heterocycles. The van der Waals surface area contributed by atoms with E-state index in [0.717, 1.165) is 24.8 Å². The van der Waals surface area contributed by atoms with Crippen LogP contribution in [-0.2, 0) is 20.7 Å². The van der Waals surface area contributed by atoms with Crippen molar-refractivity contribution in [2.45, 2.75) is 61.9 Å². The van der Waals surface area contributed by atoms with E-state index in [2.05, 4.69) is 20.9 Å². The van der Waals surface area contributed by atoms with Gasteiger partial charge in [-0.3, -0.25) is 4.57 Å². The van der Waals surface area contributed by atoms with Crippen molar-refractivity contribution in [3.8, 4) is 12.3 Å². The van der Waals surface area contributed by atoms with Crippen molar-refractivity contribution < 1.29 is 29.6 Å². The number of fused-ring (bicyclic) bond motifs is 1. The maximum Gasteiger partial charge on any atom is 0.333 e. The van der Waals surface area contributed by atoms with Crippen LogP contribution >= 0.6 is 11.6 Å². The summed E-state index contributed by atoms with van der Waals surface area (Å²) in [5.74, 6) is 1.58. The van der Waals surface area contributed by atoms with Crippen LogP contribution in [0.5, 0.6) is 0 Å². The van der Waals surface area contributed by atoms with E-state index in [0.29, 0.717) is 23.0 Å². The lowest BCUT2D eigenvalue weighted by Gasteiger charge is -2.35. The molecule has 1 aliphatic carbocycles. The molecule has 5 atom stereocenters. The second kappa shape index (κ2) is 10.5. The number of terminal acetylenes is 1. The van der Waals surface area contributed by atoms with Gasteiger partial charge in [-0.05, 0) is 36.4 Å². The molecular weight excluding hydrogens is 514 g/mol. The van der Waals surface area contributed by atoms with Gasteiger partial charge in [-0.2, -0.15) is 9.97 Å². The van der Waals surface area contributed by atoms with Crippen molar-refractivity contribution in [1.29, 1.82) is 0 Å². The molecule has 5 rings (SSSR count). The molecule has 2 aromatic heterocycles. The molecule has 0 bridgehead atoms. The molecule has 3 aromatic rings. The molecule has 1 aliphatic heterocycles. The minimum absolute atomic E-state index is 0.00906. The monoisotopic (exact) mass is 541 g/mol. The highest BCUT2D eigenvalue weighted by atomic mass is 35.5. The lowest BCUT2D eigenvalue weighted by Crippen LogP contribution is -2.48. The number of aliphatic hydroxyl groups is 2. The fraction of sp³-hybridized carbons (Fsp3) is 0.462. The van der Waals surface area contributed by atoms with E-state index in [1.165, 1.54) is 10.9 Å². The highest BCUT2D eigenvalue weighted by Crippen LogP contribution is 2.40. The molecule has 2 aliphatic rings. The van der Waals surface area contributed by atoms with E-state index in [9.17, 15) is 20.1 Å². The number of benzene rings is 1. The van der Waals surface area contributed by atoms with Crippen molar-refractivity contribution >= 4 is 34.6 Å². The molecule has 0 amide bonds. The van der Waals surface area contributed by atoms with Gasteiger partial charge in [0.1, 0.15) is 12.2 Å². The standard InChI is InChI=1S/C26H28ClN5O6/c1-3-26(36)18(13-37-17(24(34)35)12-15-8-5-4-6-9-15)38-23(20(26)33)32-14-28-19-21(29-25(27)30-22(19)32)31(2)16-10-7-11-16/h1,4-6,8-9,14,16-18,20,23,33,36H,7,10-13H2,2H3,(H,34,35)/t17?,18-,20+,23-,26-/m1/s1. The number of imidazole rings is 1. The number of anilines is 1. The number of aliphatic carboxylic acids is 1. The number of ether oxygens (including phenoxy) is 2. The topological polar surface area (TPSA) is 143 Å². The normalized spacial score (nSPS) is 26.1. The largest absolute Gasteiger partial charge is 0.479 e. The van der Waals surface area contributed by atoms with E-state index in [1.807, 2.05) is 18.0 Å². The van der Waals surface area contributed by atoms with Gasteiger partial charge in [0.25, 0.3) is 0 Å². The van der Waals surface area contributed by atoms with Gasteiger partial charge in [-0.25, -0.2) is 9.78 Å². The molecule has 0 radical (unpaired) electrons. The summed E-state index contributed by atoms with van der Waals surface area (Å²) in [4.78, 5) is 27.0. The van der Waals surface area contributed by atoms with Crippen molar-refractivity contribution in [3.05, 3.63) is 47.5 Å². The van der Waals surface area contributed by atoms with Crippen molar-refractivity contribution in [1.82, 2.24) is 19.5 Å². The van der Waals surface area contributed by atoms with Gasteiger partial charge in [-0.15, -0.1) is 6.42 Å². The first-order valence-electron chi connectivity index (χ1n) is 12.3. The van der Waals surface area contributed by atoms with Gasteiger partial charge < -0.3 is 29.7 Å². The molecule has 11 nitrogen and oxygen atoms in total. The maximum absolute atomic E-state index is 11.8. The molecule has 0 spiro atoms. The number of hydrogen-bond donors (Lipinski definition) is 3. The van der Waals surface area contributed by atoms with Crippen LogP contribution in [0, 0.1) is 12.3 Å². The summed E-state index contributed by atoms with van der Waals surface area (Å²) < 4.78 is 13.1. The SMILES string of the molecule is C#C[C@@]1(O)[C@@H](COC(Cc2ccccc2)C(=O)O)O[C@@H](n2cnc3c(N(C)C4CCC4)nc(Cl)nc32)[C@@H]1O. The zero-order valence-electron chi connectivity index (χ0n) is 20.6. The first-order chi connectivity index (χ1) is 18.2. The first kappa shape index (κ1) is 26.3. The molecule has 1 aromatic carbocycles. The number of aliphatic hydroxyl groups excluding tert-OH is 1. The van der Waals surface area contributed by atoms with Crippen LogP contribution in [0.3, 0.4) is 0 Å². The van der Waals surface area contributed by atoms with Gasteiger partial charge in [0.2, 0.25) is 5.28 Å². The third-order valence-corrected chi connectivity index (χ3v) is 7.51. The van der Waals surface area contributed by atoms with E-state index >= 15 is 0 Å². The number of halogens is 1. The molecule has 12 heteroatoms. The molecule has 1 saturated carbocycles. The lowest BCUT2D eigenvalue weighted by molar-refractivity contribution is -0.156. The van der Waals surface area contributed by atoms with Crippen LogP contribution in [-0.4, -0.2) is 84.4 Å². The van der Waals surface area contributed by atoms with Crippen molar-refractivity contribution in [3.63, 3.8) is 0 Å². The highest BCUT2D eigenvalue weighted by molar-refractivity contribution is 6.28. The summed E-state index contributed by atoms with van der Waals surface area (Å²) in [6.45, 7) is -0.379. The number of aromatic nitrogens is 4. The lowest BCUT2D eigenvalue weighted by atomic mass is 9.92. The summed E-state index contributed by atoms with van der Waals surface area (Å²) in [6, 6.07) is 9.31. The van der Waals surface area contributed by atoms with Crippen LogP contribution in [0.15, 0.2) is 36.7 Å². The van der Waals surface area contributed by atoms with Gasteiger partial charge in [0, 0.05) is 19.5 Å². The average molecular weight is 542 g/mol. The summed E-state index contributed by atoms with van der Waals surface area (Å²) in [5.41, 5.74) is -0.651. The second-order valence-electron chi connectivity index (χ2n) is 9.62. The summed E-state index contributed by atoms with van der Waals surface area (Å²) in [5, 5.41) is 31.9. The summed E-state index contributed by atoms with van der Waals surface area (Å²) in [6.07, 6.45) is 5.08. The summed E-state index contributed by atoms with van der Waals surface area (Å²) in [7, 11) is 1.92. The minimum Gasteiger partial charge on any atom is -0.479 e. The number of carbonyl (C=O) groups is 1. The van der Waals surface area contributed by atoms with E-state index in [-0.39, 0.29) is 18.3 Å². The predicted octanol–water partition coefficient (Wildman–Crippen LogP) is 1.80. The van der Waals surface area contributed by atoms with Crippen LogP contribution in [0.1, 0.15) is 31.1 Å². The Kier molecular flexibility index (Phi) is 7.26.